The molecule has 0 fully saturated rings. The summed E-state index contributed by atoms with van der Waals surface area (Å²) < 4.78 is 26.3. The maximum Gasteiger partial charge on any atom is 0.269 e. The molecule has 0 aliphatic rings. The minimum Gasteiger partial charge on any atom is -0.301 e. The van der Waals surface area contributed by atoms with Gasteiger partial charge in [-0.2, -0.15) is 0 Å². The summed E-state index contributed by atoms with van der Waals surface area (Å²) in [6, 6.07) is 9.35. The number of carbonyl (C=O) groups excluding carboxylic acids is 1. The Labute approximate surface area is 160 Å². The number of carbonyl (C=O) groups is 1. The molecule has 1 N–H and O–H groups in total. The standard InChI is InChI=1S/C17H11F2N3O3S2/c18-13-6-1-10(7-14(13)19)15-8-27-17(20-15)21-16(23)9-26-12-4-2-11(3-5-12)22(24)25/h1-8H,9H2,(H,20,21,23). The molecule has 0 saturated heterocycles. The van der Waals surface area contributed by atoms with Gasteiger partial charge in [-0.15, -0.1) is 23.1 Å². The van der Waals surface area contributed by atoms with Crippen molar-refractivity contribution in [2.45, 2.75) is 4.90 Å². The number of amides is 1. The summed E-state index contributed by atoms with van der Waals surface area (Å²) >= 11 is 2.39. The number of hydrogen-bond acceptors (Lipinski definition) is 6. The van der Waals surface area contributed by atoms with E-state index in [1.807, 2.05) is 0 Å². The molecule has 6 nitrogen and oxygen atoms in total. The molecule has 27 heavy (non-hydrogen) atoms. The van der Waals surface area contributed by atoms with E-state index in [1.54, 1.807) is 17.5 Å². The van der Waals surface area contributed by atoms with Crippen LogP contribution in [0.25, 0.3) is 11.3 Å². The molecular weight excluding hydrogens is 396 g/mol. The molecule has 0 unspecified atom stereocenters. The van der Waals surface area contributed by atoms with Gasteiger partial charge >= 0.3 is 0 Å². The second-order valence-corrected chi connectivity index (χ2v) is 7.16. The highest BCUT2D eigenvalue weighted by molar-refractivity contribution is 8.00. The van der Waals surface area contributed by atoms with Gasteiger partial charge in [0.1, 0.15) is 0 Å². The van der Waals surface area contributed by atoms with E-state index in [-0.39, 0.29) is 17.3 Å². The number of anilines is 1. The number of rotatable bonds is 6. The summed E-state index contributed by atoms with van der Waals surface area (Å²) in [5.74, 6) is -2.11. The Kier molecular flexibility index (Phi) is 5.77. The molecular formula is C17H11F2N3O3S2. The van der Waals surface area contributed by atoms with Crippen molar-refractivity contribution in [1.82, 2.24) is 4.98 Å². The summed E-state index contributed by atoms with van der Waals surface area (Å²) in [4.78, 5) is 27.1. The molecule has 2 aromatic carbocycles. The zero-order chi connectivity index (χ0) is 19.4. The fourth-order valence-corrected chi connectivity index (χ4v) is 3.52. The van der Waals surface area contributed by atoms with Crippen LogP contribution in [-0.2, 0) is 4.79 Å². The Hall–Kier alpha value is -2.85. The molecule has 0 bridgehead atoms. The van der Waals surface area contributed by atoms with Crippen LogP contribution in [0.4, 0.5) is 19.6 Å². The summed E-state index contributed by atoms with van der Waals surface area (Å²) in [6.45, 7) is 0. The van der Waals surface area contributed by atoms with Crippen LogP contribution in [0.1, 0.15) is 0 Å². The molecule has 138 valence electrons. The van der Waals surface area contributed by atoms with Gasteiger partial charge in [0.15, 0.2) is 16.8 Å². The largest absolute Gasteiger partial charge is 0.301 e. The molecule has 1 amide bonds. The van der Waals surface area contributed by atoms with Crippen LogP contribution in [0.2, 0.25) is 0 Å². The van der Waals surface area contributed by atoms with Gasteiger partial charge in [-0.3, -0.25) is 14.9 Å². The lowest BCUT2D eigenvalue weighted by molar-refractivity contribution is -0.384. The molecule has 1 heterocycles. The zero-order valence-electron chi connectivity index (χ0n) is 13.5. The summed E-state index contributed by atoms with van der Waals surface area (Å²) in [6.07, 6.45) is 0. The van der Waals surface area contributed by atoms with Gasteiger partial charge in [0.05, 0.1) is 16.4 Å². The third kappa shape index (κ3) is 4.86. The Morgan fingerprint density at radius 2 is 1.93 bits per heavy atom. The molecule has 0 atom stereocenters. The Morgan fingerprint density at radius 3 is 2.59 bits per heavy atom. The van der Waals surface area contributed by atoms with Crippen molar-refractivity contribution in [2.75, 3.05) is 11.1 Å². The predicted molar refractivity (Wildman–Crippen MR) is 99.9 cm³/mol. The van der Waals surface area contributed by atoms with Crippen molar-refractivity contribution >= 4 is 39.8 Å². The first-order chi connectivity index (χ1) is 12.9. The first-order valence-corrected chi connectivity index (χ1v) is 9.37. The maximum atomic E-state index is 13.3. The summed E-state index contributed by atoms with van der Waals surface area (Å²) in [5.41, 5.74) is 0.819. The smallest absolute Gasteiger partial charge is 0.269 e. The number of halogens is 2. The van der Waals surface area contributed by atoms with Crippen molar-refractivity contribution < 1.29 is 18.5 Å². The number of nitro groups is 1. The number of nitrogens with one attached hydrogen (secondary N) is 1. The van der Waals surface area contributed by atoms with Crippen LogP contribution < -0.4 is 5.32 Å². The van der Waals surface area contributed by atoms with E-state index in [0.717, 1.165) is 17.0 Å². The van der Waals surface area contributed by atoms with Gasteiger partial charge in [-0.05, 0) is 30.3 Å². The van der Waals surface area contributed by atoms with Crippen molar-refractivity contribution in [3.63, 3.8) is 0 Å². The first kappa shape index (κ1) is 18.9. The molecule has 3 rings (SSSR count). The highest BCUT2D eigenvalue weighted by atomic mass is 32.2. The number of nitro benzene ring substituents is 1. The van der Waals surface area contributed by atoms with Gasteiger partial charge in [0.2, 0.25) is 5.91 Å². The van der Waals surface area contributed by atoms with Gasteiger partial charge < -0.3 is 5.32 Å². The lowest BCUT2D eigenvalue weighted by atomic mass is 10.2. The minimum atomic E-state index is -0.967. The van der Waals surface area contributed by atoms with E-state index < -0.39 is 16.6 Å². The third-order valence-electron chi connectivity index (χ3n) is 3.38. The lowest BCUT2D eigenvalue weighted by Gasteiger charge is -2.02. The van der Waals surface area contributed by atoms with E-state index in [0.29, 0.717) is 16.4 Å². The predicted octanol–water partition coefficient (Wildman–Crippen LogP) is 4.73. The maximum absolute atomic E-state index is 13.3. The van der Waals surface area contributed by atoms with E-state index in [2.05, 4.69) is 10.3 Å². The number of aromatic nitrogens is 1. The first-order valence-electron chi connectivity index (χ1n) is 7.50. The number of nitrogens with zero attached hydrogens (tertiary/aromatic N) is 2. The van der Waals surface area contributed by atoms with E-state index >= 15 is 0 Å². The van der Waals surface area contributed by atoms with Crippen LogP contribution in [0.3, 0.4) is 0 Å². The SMILES string of the molecule is O=C(CSc1ccc([N+](=O)[O-])cc1)Nc1nc(-c2ccc(F)c(F)c2)cs1. The Morgan fingerprint density at radius 1 is 1.19 bits per heavy atom. The van der Waals surface area contributed by atoms with Crippen molar-refractivity contribution in [2.24, 2.45) is 0 Å². The van der Waals surface area contributed by atoms with Crippen molar-refractivity contribution in [3.8, 4) is 11.3 Å². The van der Waals surface area contributed by atoms with Crippen molar-refractivity contribution in [1.29, 1.82) is 0 Å². The molecule has 0 radical (unpaired) electrons. The molecule has 10 heteroatoms. The second kappa shape index (κ2) is 8.23. The molecule has 0 saturated carbocycles. The Bertz CT molecular complexity index is 993. The molecule has 1 aromatic heterocycles. The van der Waals surface area contributed by atoms with Gasteiger partial charge in [-0.1, -0.05) is 0 Å². The van der Waals surface area contributed by atoms with Gasteiger partial charge in [0, 0.05) is 28.0 Å². The van der Waals surface area contributed by atoms with Crippen LogP contribution >= 0.6 is 23.1 Å². The fourth-order valence-electron chi connectivity index (χ4n) is 2.09. The normalized spacial score (nSPS) is 10.6. The molecule has 0 spiro atoms. The zero-order valence-corrected chi connectivity index (χ0v) is 15.2. The number of hydrogen-bond donors (Lipinski definition) is 1. The highest BCUT2D eigenvalue weighted by Gasteiger charge is 2.11. The Balaban J connectivity index is 1.57. The minimum absolute atomic E-state index is 0.0173. The monoisotopic (exact) mass is 407 g/mol. The van der Waals surface area contributed by atoms with E-state index in [1.165, 1.54) is 41.3 Å². The number of thioether (sulfide) groups is 1. The summed E-state index contributed by atoms with van der Waals surface area (Å²) in [5, 5.41) is 15.2. The third-order valence-corrected chi connectivity index (χ3v) is 5.15. The molecule has 0 aliphatic carbocycles. The van der Waals surface area contributed by atoms with Crippen LogP contribution in [0.15, 0.2) is 52.7 Å². The topological polar surface area (TPSA) is 85.1 Å². The molecule has 0 aliphatic heterocycles. The average Bonchev–Trinajstić information content (AvgIpc) is 3.11. The average molecular weight is 407 g/mol. The quantitative estimate of drug-likeness (QED) is 0.363. The van der Waals surface area contributed by atoms with Gasteiger partial charge in [-0.25, -0.2) is 13.8 Å². The second-order valence-electron chi connectivity index (χ2n) is 5.25. The van der Waals surface area contributed by atoms with E-state index in [9.17, 15) is 23.7 Å². The molecule has 3 aromatic rings. The van der Waals surface area contributed by atoms with Crippen LogP contribution in [-0.4, -0.2) is 21.6 Å². The van der Waals surface area contributed by atoms with Crippen molar-refractivity contribution in [3.05, 3.63) is 69.6 Å². The lowest BCUT2D eigenvalue weighted by Crippen LogP contribution is -2.13. The number of thiazole rings is 1. The van der Waals surface area contributed by atoms with Crippen LogP contribution in [0.5, 0.6) is 0 Å². The summed E-state index contributed by atoms with van der Waals surface area (Å²) in [7, 11) is 0. The number of non-ortho nitro benzene ring substituents is 1. The fraction of sp³-hybridized carbons (Fsp3) is 0.0588. The number of benzene rings is 2. The van der Waals surface area contributed by atoms with E-state index in [4.69, 9.17) is 0 Å². The highest BCUT2D eigenvalue weighted by Crippen LogP contribution is 2.27. The van der Waals surface area contributed by atoms with Crippen LogP contribution in [0, 0.1) is 21.7 Å². The van der Waals surface area contributed by atoms with Gasteiger partial charge in [0.25, 0.3) is 5.69 Å².